The van der Waals surface area contributed by atoms with Crippen molar-refractivity contribution >= 4 is 0 Å². The summed E-state index contributed by atoms with van der Waals surface area (Å²) in [6.45, 7) is 6.46. The number of hydrogen-bond acceptors (Lipinski definition) is 1. The predicted octanol–water partition coefficient (Wildman–Crippen LogP) is 3.58. The van der Waals surface area contributed by atoms with E-state index in [1.165, 1.54) is 33.4 Å². The van der Waals surface area contributed by atoms with Gasteiger partial charge in [0.1, 0.15) is 0 Å². The van der Waals surface area contributed by atoms with Crippen molar-refractivity contribution in [2.24, 2.45) is 0 Å². The minimum absolute atomic E-state index is 1.07. The van der Waals surface area contributed by atoms with Gasteiger partial charge in [0.2, 0.25) is 0 Å². The van der Waals surface area contributed by atoms with Crippen molar-refractivity contribution < 1.29 is 0 Å². The summed E-state index contributed by atoms with van der Waals surface area (Å²) in [5.41, 5.74) is 9.55. The highest BCUT2D eigenvalue weighted by molar-refractivity contribution is 5.79. The molecule has 1 aromatic heterocycles. The van der Waals surface area contributed by atoms with Crippen LogP contribution >= 0.6 is 0 Å². The fraction of sp³-hybridized carbons (Fsp3) is 0.267. The number of benzene rings is 1. The lowest BCUT2D eigenvalue weighted by Crippen LogP contribution is -1.93. The average molecular weight is 209 g/mol. The number of nitrogens with zero attached hydrogens (tertiary/aromatic N) is 1. The SMILES string of the molecule is Cc1cccc2c1-c1cnc(C)c(C)c1C2. The Balaban J connectivity index is 2.34. The molecule has 0 spiro atoms. The van der Waals surface area contributed by atoms with E-state index in [1.54, 1.807) is 0 Å². The number of pyridine rings is 1. The van der Waals surface area contributed by atoms with E-state index < -0.39 is 0 Å². The highest BCUT2D eigenvalue weighted by Gasteiger charge is 2.22. The smallest absolute Gasteiger partial charge is 0.0405 e. The molecule has 1 aliphatic carbocycles. The zero-order valence-electron chi connectivity index (χ0n) is 9.96. The third-order valence-corrected chi connectivity index (χ3v) is 3.70. The van der Waals surface area contributed by atoms with Gasteiger partial charge in [-0.15, -0.1) is 0 Å². The third kappa shape index (κ3) is 1.15. The first-order valence-corrected chi connectivity index (χ1v) is 5.72. The second-order valence-electron chi connectivity index (χ2n) is 4.65. The Morgan fingerprint density at radius 2 is 1.94 bits per heavy atom. The molecule has 16 heavy (non-hydrogen) atoms. The molecule has 0 saturated carbocycles. The molecule has 1 nitrogen and oxygen atoms in total. The summed E-state index contributed by atoms with van der Waals surface area (Å²) in [6, 6.07) is 6.57. The molecule has 2 aromatic rings. The van der Waals surface area contributed by atoms with Crippen LogP contribution in [0.25, 0.3) is 11.1 Å². The molecular formula is C15H15N. The van der Waals surface area contributed by atoms with Crippen LogP contribution < -0.4 is 0 Å². The Labute approximate surface area is 96.2 Å². The summed E-state index contributed by atoms with van der Waals surface area (Å²) < 4.78 is 0. The molecule has 3 rings (SSSR count). The summed E-state index contributed by atoms with van der Waals surface area (Å²) in [5, 5.41) is 0. The van der Waals surface area contributed by atoms with E-state index in [9.17, 15) is 0 Å². The molecule has 1 aromatic carbocycles. The van der Waals surface area contributed by atoms with Gasteiger partial charge in [0.15, 0.2) is 0 Å². The maximum Gasteiger partial charge on any atom is 0.0405 e. The minimum atomic E-state index is 1.07. The van der Waals surface area contributed by atoms with Crippen LogP contribution in [0.1, 0.15) is 27.9 Å². The van der Waals surface area contributed by atoms with Gasteiger partial charge in [0.25, 0.3) is 0 Å². The number of aromatic nitrogens is 1. The quantitative estimate of drug-likeness (QED) is 0.551. The molecule has 0 aliphatic heterocycles. The molecule has 0 radical (unpaired) electrons. The Hall–Kier alpha value is -1.63. The molecule has 1 aliphatic rings. The maximum atomic E-state index is 4.49. The Morgan fingerprint density at radius 3 is 2.75 bits per heavy atom. The molecule has 1 heteroatoms. The standard InChI is InChI=1S/C15H15N/c1-9-5-4-6-12-7-13-10(2)11(3)16-8-14(13)15(9)12/h4-6,8H,7H2,1-3H3. The van der Waals surface area contributed by atoms with Crippen LogP contribution in [0.15, 0.2) is 24.4 Å². The Morgan fingerprint density at radius 1 is 1.12 bits per heavy atom. The molecule has 0 N–H and O–H groups in total. The number of hydrogen-bond donors (Lipinski definition) is 0. The van der Waals surface area contributed by atoms with Crippen LogP contribution in [0.5, 0.6) is 0 Å². The summed E-state index contributed by atoms with van der Waals surface area (Å²) in [7, 11) is 0. The minimum Gasteiger partial charge on any atom is -0.261 e. The first-order chi connectivity index (χ1) is 7.68. The van der Waals surface area contributed by atoms with Crippen molar-refractivity contribution in [2.75, 3.05) is 0 Å². The first kappa shape index (κ1) is 9.59. The van der Waals surface area contributed by atoms with Crippen LogP contribution in [0, 0.1) is 20.8 Å². The van der Waals surface area contributed by atoms with E-state index in [0.29, 0.717) is 0 Å². The molecule has 0 atom stereocenters. The lowest BCUT2D eigenvalue weighted by Gasteiger charge is -2.07. The van der Waals surface area contributed by atoms with Crippen molar-refractivity contribution in [3.63, 3.8) is 0 Å². The molecule has 80 valence electrons. The maximum absolute atomic E-state index is 4.49. The zero-order valence-corrected chi connectivity index (χ0v) is 9.96. The Kier molecular flexibility index (Phi) is 1.90. The topological polar surface area (TPSA) is 12.9 Å². The summed E-state index contributed by atoms with van der Waals surface area (Å²) in [4.78, 5) is 4.49. The zero-order chi connectivity index (χ0) is 11.3. The van der Waals surface area contributed by atoms with Crippen LogP contribution in [0.2, 0.25) is 0 Å². The van der Waals surface area contributed by atoms with Gasteiger partial charge in [-0.3, -0.25) is 4.98 Å². The first-order valence-electron chi connectivity index (χ1n) is 5.72. The van der Waals surface area contributed by atoms with E-state index in [2.05, 4.69) is 44.0 Å². The van der Waals surface area contributed by atoms with Gasteiger partial charge in [0.05, 0.1) is 0 Å². The number of fused-ring (bicyclic) bond motifs is 3. The highest BCUT2D eigenvalue weighted by Crippen LogP contribution is 2.39. The van der Waals surface area contributed by atoms with Crippen molar-refractivity contribution in [3.05, 3.63) is 52.3 Å². The molecule has 0 unspecified atom stereocenters. The number of rotatable bonds is 0. The lowest BCUT2D eigenvalue weighted by atomic mass is 10.0. The highest BCUT2D eigenvalue weighted by atomic mass is 14.7. The average Bonchev–Trinajstić information content (AvgIpc) is 2.64. The molecule has 0 amide bonds. The third-order valence-electron chi connectivity index (χ3n) is 3.70. The van der Waals surface area contributed by atoms with E-state index in [0.717, 1.165) is 12.1 Å². The van der Waals surface area contributed by atoms with Gasteiger partial charge in [0, 0.05) is 17.5 Å². The predicted molar refractivity (Wildman–Crippen MR) is 66.7 cm³/mol. The summed E-state index contributed by atoms with van der Waals surface area (Å²) in [5.74, 6) is 0. The van der Waals surface area contributed by atoms with Crippen molar-refractivity contribution in [3.8, 4) is 11.1 Å². The van der Waals surface area contributed by atoms with Crippen molar-refractivity contribution in [2.45, 2.75) is 27.2 Å². The van der Waals surface area contributed by atoms with E-state index >= 15 is 0 Å². The molecule has 0 saturated heterocycles. The van der Waals surface area contributed by atoms with Crippen LogP contribution in [-0.2, 0) is 6.42 Å². The van der Waals surface area contributed by atoms with Crippen LogP contribution in [-0.4, -0.2) is 4.98 Å². The molecule has 0 fully saturated rings. The fourth-order valence-electron chi connectivity index (χ4n) is 2.65. The van der Waals surface area contributed by atoms with E-state index in [1.807, 2.05) is 6.20 Å². The van der Waals surface area contributed by atoms with E-state index in [-0.39, 0.29) is 0 Å². The normalized spacial score (nSPS) is 12.4. The van der Waals surface area contributed by atoms with E-state index in [4.69, 9.17) is 0 Å². The fourth-order valence-corrected chi connectivity index (χ4v) is 2.65. The van der Waals surface area contributed by atoms with Gasteiger partial charge < -0.3 is 0 Å². The molecule has 0 bridgehead atoms. The van der Waals surface area contributed by atoms with Crippen LogP contribution in [0.4, 0.5) is 0 Å². The van der Waals surface area contributed by atoms with Crippen molar-refractivity contribution in [1.82, 2.24) is 4.98 Å². The lowest BCUT2D eigenvalue weighted by molar-refractivity contribution is 1.10. The van der Waals surface area contributed by atoms with Gasteiger partial charge >= 0.3 is 0 Å². The number of aryl methyl sites for hydroxylation is 2. The van der Waals surface area contributed by atoms with Gasteiger partial charge in [-0.05, 0) is 55.0 Å². The summed E-state index contributed by atoms with van der Waals surface area (Å²) in [6.07, 6.45) is 3.11. The molecule has 1 heterocycles. The van der Waals surface area contributed by atoms with Gasteiger partial charge in [-0.1, -0.05) is 18.2 Å². The largest absolute Gasteiger partial charge is 0.261 e. The monoisotopic (exact) mass is 209 g/mol. The second kappa shape index (κ2) is 3.18. The molecular weight excluding hydrogens is 194 g/mol. The van der Waals surface area contributed by atoms with Gasteiger partial charge in [-0.2, -0.15) is 0 Å². The summed E-state index contributed by atoms with van der Waals surface area (Å²) >= 11 is 0. The van der Waals surface area contributed by atoms with Crippen molar-refractivity contribution in [1.29, 1.82) is 0 Å². The van der Waals surface area contributed by atoms with Gasteiger partial charge in [-0.25, -0.2) is 0 Å². The second-order valence-corrected chi connectivity index (χ2v) is 4.65. The Bertz CT molecular complexity index is 582. The van der Waals surface area contributed by atoms with Crippen LogP contribution in [0.3, 0.4) is 0 Å².